The summed E-state index contributed by atoms with van der Waals surface area (Å²) in [5, 5.41) is 10.2. The topological polar surface area (TPSA) is 54.8 Å². The minimum atomic E-state index is 0.294. The summed E-state index contributed by atoms with van der Waals surface area (Å²) in [5.41, 5.74) is 3.64. The molecule has 3 rings (SSSR count). The largest absolute Gasteiger partial charge is 0.506 e. The first-order chi connectivity index (χ1) is 10.1. The molecule has 1 aromatic carbocycles. The smallest absolute Gasteiger partial charge is 0.145 e. The predicted octanol–water partition coefficient (Wildman–Crippen LogP) is 2.63. The van der Waals surface area contributed by atoms with Gasteiger partial charge in [-0.15, -0.1) is 0 Å². The monoisotopic (exact) mass is 286 g/mol. The SMILES string of the molecule is COc1ccc(N2Cc3cnc(C)c(O)c3C2)c(OC)c1. The standard InChI is InChI=1S/C16H18N2O3/c1-10-16(19)13-9-18(8-11(13)7-17-10)14-5-4-12(20-2)6-15(14)21-3/h4-7,19H,8-9H2,1-3H3. The molecule has 0 amide bonds. The van der Waals surface area contributed by atoms with Gasteiger partial charge in [-0.2, -0.15) is 0 Å². The maximum absolute atomic E-state index is 10.2. The fourth-order valence-electron chi connectivity index (χ4n) is 2.67. The Bertz CT molecular complexity index is 685. The first kappa shape index (κ1) is 13.5. The van der Waals surface area contributed by atoms with Crippen molar-refractivity contribution >= 4 is 5.69 Å². The minimum absolute atomic E-state index is 0.294. The highest BCUT2D eigenvalue weighted by Crippen LogP contribution is 2.39. The number of rotatable bonds is 3. The second kappa shape index (κ2) is 5.16. The van der Waals surface area contributed by atoms with Gasteiger partial charge in [0.15, 0.2) is 0 Å². The molecule has 2 heterocycles. The number of nitrogens with zero attached hydrogens (tertiary/aromatic N) is 2. The minimum Gasteiger partial charge on any atom is -0.506 e. The van der Waals surface area contributed by atoms with Crippen LogP contribution in [0.3, 0.4) is 0 Å². The van der Waals surface area contributed by atoms with Crippen LogP contribution in [0.5, 0.6) is 17.2 Å². The Morgan fingerprint density at radius 3 is 2.71 bits per heavy atom. The zero-order chi connectivity index (χ0) is 15.0. The number of aromatic hydroxyl groups is 1. The number of methoxy groups -OCH3 is 2. The van der Waals surface area contributed by atoms with Gasteiger partial charge in [-0.3, -0.25) is 4.98 Å². The summed E-state index contributed by atoms with van der Waals surface area (Å²) in [6.45, 7) is 3.16. The lowest BCUT2D eigenvalue weighted by Gasteiger charge is -2.21. The molecule has 0 fully saturated rings. The van der Waals surface area contributed by atoms with Crippen molar-refractivity contribution in [2.24, 2.45) is 0 Å². The van der Waals surface area contributed by atoms with Crippen molar-refractivity contribution in [2.45, 2.75) is 20.0 Å². The van der Waals surface area contributed by atoms with Crippen molar-refractivity contribution in [3.8, 4) is 17.2 Å². The Labute approximate surface area is 123 Å². The van der Waals surface area contributed by atoms with Gasteiger partial charge in [0, 0.05) is 30.9 Å². The van der Waals surface area contributed by atoms with Gasteiger partial charge >= 0.3 is 0 Å². The second-order valence-corrected chi connectivity index (χ2v) is 5.09. The summed E-state index contributed by atoms with van der Waals surface area (Å²) < 4.78 is 10.7. The molecule has 0 atom stereocenters. The van der Waals surface area contributed by atoms with Crippen LogP contribution < -0.4 is 14.4 Å². The highest BCUT2D eigenvalue weighted by atomic mass is 16.5. The lowest BCUT2D eigenvalue weighted by atomic mass is 10.1. The summed E-state index contributed by atoms with van der Waals surface area (Å²) in [6.07, 6.45) is 1.83. The highest BCUT2D eigenvalue weighted by Gasteiger charge is 2.25. The lowest BCUT2D eigenvalue weighted by Crippen LogP contribution is -2.15. The molecule has 2 aromatic rings. The van der Waals surface area contributed by atoms with E-state index in [9.17, 15) is 5.11 Å². The average molecular weight is 286 g/mol. The highest BCUT2D eigenvalue weighted by molar-refractivity contribution is 5.64. The molecule has 1 aliphatic heterocycles. The van der Waals surface area contributed by atoms with Crippen LogP contribution in [0.2, 0.25) is 0 Å². The maximum atomic E-state index is 10.2. The Morgan fingerprint density at radius 2 is 2.00 bits per heavy atom. The molecular weight excluding hydrogens is 268 g/mol. The Morgan fingerprint density at radius 1 is 1.19 bits per heavy atom. The van der Waals surface area contributed by atoms with Crippen molar-refractivity contribution in [3.05, 3.63) is 41.2 Å². The van der Waals surface area contributed by atoms with Gasteiger partial charge < -0.3 is 19.5 Å². The Hall–Kier alpha value is -2.43. The quantitative estimate of drug-likeness (QED) is 0.940. The number of ether oxygens (including phenoxy) is 2. The molecule has 0 bridgehead atoms. The predicted molar refractivity (Wildman–Crippen MR) is 80.1 cm³/mol. The molecule has 5 heteroatoms. The summed E-state index contributed by atoms with van der Waals surface area (Å²) in [7, 11) is 3.28. The molecule has 5 nitrogen and oxygen atoms in total. The van der Waals surface area contributed by atoms with E-state index in [1.54, 1.807) is 14.2 Å². The van der Waals surface area contributed by atoms with Crippen LogP contribution in [0.25, 0.3) is 0 Å². The fourth-order valence-corrected chi connectivity index (χ4v) is 2.67. The number of aromatic nitrogens is 1. The summed E-state index contributed by atoms with van der Waals surface area (Å²) >= 11 is 0. The number of pyridine rings is 1. The first-order valence-corrected chi connectivity index (χ1v) is 6.77. The number of anilines is 1. The molecule has 0 saturated carbocycles. The van der Waals surface area contributed by atoms with Crippen LogP contribution >= 0.6 is 0 Å². The van der Waals surface area contributed by atoms with Crippen LogP contribution in [-0.4, -0.2) is 24.3 Å². The van der Waals surface area contributed by atoms with Gasteiger partial charge in [0.1, 0.15) is 17.2 Å². The third-order valence-corrected chi connectivity index (χ3v) is 3.87. The summed E-state index contributed by atoms with van der Waals surface area (Å²) in [6, 6.07) is 5.74. The maximum Gasteiger partial charge on any atom is 0.145 e. The van der Waals surface area contributed by atoms with E-state index in [1.807, 2.05) is 31.3 Å². The van der Waals surface area contributed by atoms with E-state index < -0.39 is 0 Å². The van der Waals surface area contributed by atoms with E-state index in [-0.39, 0.29) is 0 Å². The first-order valence-electron chi connectivity index (χ1n) is 6.77. The molecule has 0 radical (unpaired) electrons. The third-order valence-electron chi connectivity index (χ3n) is 3.87. The summed E-state index contributed by atoms with van der Waals surface area (Å²) in [4.78, 5) is 6.38. The molecule has 1 aromatic heterocycles. The van der Waals surface area contributed by atoms with Crippen LogP contribution in [0.4, 0.5) is 5.69 Å². The Balaban J connectivity index is 1.96. The second-order valence-electron chi connectivity index (χ2n) is 5.09. The van der Waals surface area contributed by atoms with Gasteiger partial charge in [-0.05, 0) is 24.6 Å². The number of hydrogen-bond donors (Lipinski definition) is 1. The van der Waals surface area contributed by atoms with E-state index in [0.29, 0.717) is 24.5 Å². The average Bonchev–Trinajstić information content (AvgIpc) is 2.95. The molecule has 21 heavy (non-hydrogen) atoms. The zero-order valence-electron chi connectivity index (χ0n) is 12.4. The molecule has 1 aliphatic rings. The van der Waals surface area contributed by atoms with E-state index >= 15 is 0 Å². The number of benzene rings is 1. The van der Waals surface area contributed by atoms with Gasteiger partial charge in [0.2, 0.25) is 0 Å². The lowest BCUT2D eigenvalue weighted by molar-refractivity contribution is 0.394. The van der Waals surface area contributed by atoms with Crippen LogP contribution in [-0.2, 0) is 13.1 Å². The molecular formula is C16H18N2O3. The molecule has 110 valence electrons. The molecule has 1 N–H and O–H groups in total. The van der Waals surface area contributed by atoms with Crippen LogP contribution in [0, 0.1) is 6.92 Å². The van der Waals surface area contributed by atoms with Crippen molar-refractivity contribution in [3.63, 3.8) is 0 Å². The van der Waals surface area contributed by atoms with E-state index in [0.717, 1.165) is 28.3 Å². The number of aryl methyl sites for hydroxylation is 1. The third kappa shape index (κ3) is 2.24. The Kier molecular flexibility index (Phi) is 3.33. The molecule has 0 spiro atoms. The van der Waals surface area contributed by atoms with Gasteiger partial charge in [0.05, 0.1) is 25.6 Å². The van der Waals surface area contributed by atoms with Crippen molar-refractivity contribution < 1.29 is 14.6 Å². The van der Waals surface area contributed by atoms with Gasteiger partial charge in [0.25, 0.3) is 0 Å². The van der Waals surface area contributed by atoms with E-state index in [1.165, 1.54) is 0 Å². The molecule has 0 saturated heterocycles. The fraction of sp³-hybridized carbons (Fsp3) is 0.312. The summed E-state index contributed by atoms with van der Waals surface area (Å²) in [5.74, 6) is 1.81. The molecule has 0 aliphatic carbocycles. The van der Waals surface area contributed by atoms with Crippen molar-refractivity contribution in [1.82, 2.24) is 4.98 Å². The van der Waals surface area contributed by atoms with E-state index in [2.05, 4.69) is 9.88 Å². The van der Waals surface area contributed by atoms with E-state index in [4.69, 9.17) is 9.47 Å². The van der Waals surface area contributed by atoms with Crippen molar-refractivity contribution in [2.75, 3.05) is 19.1 Å². The van der Waals surface area contributed by atoms with Crippen LogP contribution in [0.15, 0.2) is 24.4 Å². The number of fused-ring (bicyclic) bond motifs is 1. The normalized spacial score (nSPS) is 13.2. The zero-order valence-corrected chi connectivity index (χ0v) is 12.4. The number of hydrogen-bond acceptors (Lipinski definition) is 5. The van der Waals surface area contributed by atoms with Crippen molar-refractivity contribution in [1.29, 1.82) is 0 Å². The molecule has 0 unspecified atom stereocenters. The van der Waals surface area contributed by atoms with Gasteiger partial charge in [-0.25, -0.2) is 0 Å². The van der Waals surface area contributed by atoms with Crippen LogP contribution in [0.1, 0.15) is 16.8 Å². The van der Waals surface area contributed by atoms with Gasteiger partial charge in [-0.1, -0.05) is 0 Å².